The molecule has 3 nitrogen and oxygen atoms in total. The number of ether oxygens (including phenoxy) is 1. The summed E-state index contributed by atoms with van der Waals surface area (Å²) >= 11 is 3.47. The van der Waals surface area contributed by atoms with E-state index >= 15 is 0 Å². The van der Waals surface area contributed by atoms with Crippen LogP contribution >= 0.6 is 15.9 Å². The van der Waals surface area contributed by atoms with Crippen molar-refractivity contribution in [2.45, 2.75) is 38.6 Å². The summed E-state index contributed by atoms with van der Waals surface area (Å²) in [5.41, 5.74) is 0.346. The third-order valence-electron chi connectivity index (χ3n) is 3.98. The van der Waals surface area contributed by atoms with Crippen LogP contribution in [-0.2, 0) is 9.53 Å². The minimum absolute atomic E-state index is 0.157. The highest BCUT2D eigenvalue weighted by atomic mass is 79.9. The average Bonchev–Trinajstić information content (AvgIpc) is 2.36. The topological polar surface area (TPSA) is 38.3 Å². The largest absolute Gasteiger partial charge is 0.467 e. The lowest BCUT2D eigenvalue weighted by molar-refractivity contribution is -0.148. The van der Waals surface area contributed by atoms with E-state index in [0.717, 1.165) is 23.0 Å². The summed E-state index contributed by atoms with van der Waals surface area (Å²) in [6.45, 7) is 4.41. The molecule has 2 rings (SSSR count). The first kappa shape index (κ1) is 15.4. The van der Waals surface area contributed by atoms with Gasteiger partial charge in [-0.15, -0.1) is 0 Å². The lowest BCUT2D eigenvalue weighted by Crippen LogP contribution is -2.52. The van der Waals surface area contributed by atoms with E-state index in [9.17, 15) is 4.79 Å². The van der Waals surface area contributed by atoms with Crippen LogP contribution in [0.5, 0.6) is 0 Å². The number of rotatable bonds is 3. The van der Waals surface area contributed by atoms with Gasteiger partial charge in [-0.05, 0) is 49.3 Å². The van der Waals surface area contributed by atoms with E-state index in [-0.39, 0.29) is 5.97 Å². The molecule has 0 spiro atoms. The Morgan fingerprint density at radius 3 is 2.55 bits per heavy atom. The first-order chi connectivity index (χ1) is 9.45. The Kier molecular flexibility index (Phi) is 4.74. The molecule has 0 saturated heterocycles. The number of halogens is 1. The van der Waals surface area contributed by atoms with E-state index < -0.39 is 5.54 Å². The molecule has 4 heteroatoms. The number of carbonyl (C=O) groups excluding carboxylic acids is 1. The predicted molar refractivity (Wildman–Crippen MR) is 84.7 cm³/mol. The van der Waals surface area contributed by atoms with Crippen molar-refractivity contribution in [1.29, 1.82) is 0 Å². The molecule has 1 aliphatic carbocycles. The van der Waals surface area contributed by atoms with Crippen LogP contribution < -0.4 is 5.32 Å². The number of methoxy groups -OCH3 is 1. The fraction of sp³-hybridized carbons (Fsp3) is 0.562. The second kappa shape index (κ2) is 6.17. The number of benzene rings is 1. The smallest absolute Gasteiger partial charge is 0.331 e. The minimum Gasteiger partial charge on any atom is -0.467 e. The number of nitrogens with one attached hydrogen (secondary N) is 1. The second-order valence-electron chi connectivity index (χ2n) is 6.06. The van der Waals surface area contributed by atoms with Gasteiger partial charge in [-0.3, -0.25) is 0 Å². The molecule has 0 amide bonds. The number of anilines is 1. The van der Waals surface area contributed by atoms with Gasteiger partial charge in [0.15, 0.2) is 0 Å². The molecular formula is C16H22BrNO2. The molecule has 1 aromatic carbocycles. The van der Waals surface area contributed by atoms with Gasteiger partial charge in [0.1, 0.15) is 5.54 Å². The highest BCUT2D eigenvalue weighted by Crippen LogP contribution is 2.39. The van der Waals surface area contributed by atoms with Crippen molar-refractivity contribution in [1.82, 2.24) is 0 Å². The van der Waals surface area contributed by atoms with E-state index in [1.165, 1.54) is 13.5 Å². The summed E-state index contributed by atoms with van der Waals surface area (Å²) in [5.74, 6) is 0.867. The van der Waals surface area contributed by atoms with E-state index in [2.05, 4.69) is 35.1 Å². The fourth-order valence-corrected chi connectivity index (χ4v) is 3.88. The van der Waals surface area contributed by atoms with Crippen LogP contribution in [0.2, 0.25) is 0 Å². The Morgan fingerprint density at radius 1 is 1.35 bits per heavy atom. The number of carbonyl (C=O) groups is 1. The number of hydrogen-bond donors (Lipinski definition) is 1. The van der Waals surface area contributed by atoms with Gasteiger partial charge in [-0.2, -0.15) is 0 Å². The normalized spacial score (nSPS) is 29.8. The monoisotopic (exact) mass is 339 g/mol. The fourth-order valence-electron chi connectivity index (χ4n) is 3.48. The quantitative estimate of drug-likeness (QED) is 0.837. The van der Waals surface area contributed by atoms with Gasteiger partial charge in [0.2, 0.25) is 0 Å². The van der Waals surface area contributed by atoms with Crippen molar-refractivity contribution in [2.75, 3.05) is 12.4 Å². The molecule has 110 valence electrons. The molecular weight excluding hydrogens is 318 g/mol. The van der Waals surface area contributed by atoms with Crippen LogP contribution in [0.25, 0.3) is 0 Å². The van der Waals surface area contributed by atoms with Crippen molar-refractivity contribution in [3.05, 3.63) is 28.7 Å². The highest BCUT2D eigenvalue weighted by molar-refractivity contribution is 9.10. The van der Waals surface area contributed by atoms with Gasteiger partial charge in [-0.25, -0.2) is 4.79 Å². The lowest BCUT2D eigenvalue weighted by Gasteiger charge is -2.41. The molecule has 1 N–H and O–H groups in total. The SMILES string of the molecule is COC(=O)C1(Nc2cccc(Br)c2)CC(C)CC(C)C1. The first-order valence-corrected chi connectivity index (χ1v) is 7.86. The lowest BCUT2D eigenvalue weighted by atomic mass is 9.71. The molecule has 20 heavy (non-hydrogen) atoms. The third-order valence-corrected chi connectivity index (χ3v) is 4.48. The molecule has 1 aliphatic rings. The molecule has 2 atom stereocenters. The molecule has 0 bridgehead atoms. The maximum Gasteiger partial charge on any atom is 0.331 e. The third kappa shape index (κ3) is 3.35. The maximum atomic E-state index is 12.4. The van der Waals surface area contributed by atoms with Gasteiger partial charge in [-0.1, -0.05) is 35.8 Å². The van der Waals surface area contributed by atoms with Gasteiger partial charge in [0, 0.05) is 10.2 Å². The molecule has 0 aliphatic heterocycles. The summed E-state index contributed by atoms with van der Waals surface area (Å²) in [4.78, 5) is 12.4. The standard InChI is InChI=1S/C16H22BrNO2/c1-11-7-12(2)10-16(9-11,15(19)20-3)18-14-6-4-5-13(17)8-14/h4-6,8,11-12,18H,7,9-10H2,1-3H3. The van der Waals surface area contributed by atoms with E-state index in [1.807, 2.05) is 24.3 Å². The zero-order chi connectivity index (χ0) is 14.8. The molecule has 0 radical (unpaired) electrons. The molecule has 2 unspecified atom stereocenters. The molecule has 1 fully saturated rings. The van der Waals surface area contributed by atoms with E-state index in [4.69, 9.17) is 4.74 Å². The van der Waals surface area contributed by atoms with Crippen LogP contribution in [0.3, 0.4) is 0 Å². The number of esters is 1. The van der Waals surface area contributed by atoms with Crippen LogP contribution in [0.1, 0.15) is 33.1 Å². The Hall–Kier alpha value is -1.03. The van der Waals surface area contributed by atoms with Gasteiger partial charge in [0.25, 0.3) is 0 Å². The Balaban J connectivity index is 2.30. The van der Waals surface area contributed by atoms with Crippen LogP contribution in [-0.4, -0.2) is 18.6 Å². The summed E-state index contributed by atoms with van der Waals surface area (Å²) < 4.78 is 6.08. The minimum atomic E-state index is -0.605. The maximum absolute atomic E-state index is 12.4. The molecule has 1 saturated carbocycles. The van der Waals surface area contributed by atoms with Crippen LogP contribution in [0.15, 0.2) is 28.7 Å². The molecule has 0 heterocycles. The molecule has 1 aromatic rings. The van der Waals surface area contributed by atoms with E-state index in [0.29, 0.717) is 11.8 Å². The summed E-state index contributed by atoms with van der Waals surface area (Å²) in [6.07, 6.45) is 2.80. The van der Waals surface area contributed by atoms with Gasteiger partial charge < -0.3 is 10.1 Å². The van der Waals surface area contributed by atoms with Gasteiger partial charge >= 0.3 is 5.97 Å². The Labute approximate surface area is 129 Å². The van der Waals surface area contributed by atoms with Crippen LogP contribution in [0.4, 0.5) is 5.69 Å². The van der Waals surface area contributed by atoms with Crippen molar-refractivity contribution < 1.29 is 9.53 Å². The Morgan fingerprint density at radius 2 is 2.00 bits per heavy atom. The summed E-state index contributed by atoms with van der Waals surface area (Å²) in [6, 6.07) is 7.92. The van der Waals surface area contributed by atoms with Crippen molar-refractivity contribution >= 4 is 27.6 Å². The average molecular weight is 340 g/mol. The zero-order valence-corrected chi connectivity index (χ0v) is 13.9. The Bertz CT molecular complexity index is 479. The van der Waals surface area contributed by atoms with Crippen LogP contribution in [0, 0.1) is 11.8 Å². The first-order valence-electron chi connectivity index (χ1n) is 7.07. The van der Waals surface area contributed by atoms with E-state index in [1.54, 1.807) is 0 Å². The number of hydrogen-bond acceptors (Lipinski definition) is 3. The second-order valence-corrected chi connectivity index (χ2v) is 6.98. The van der Waals surface area contributed by atoms with Crippen molar-refractivity contribution in [3.63, 3.8) is 0 Å². The van der Waals surface area contributed by atoms with Crippen molar-refractivity contribution in [2.24, 2.45) is 11.8 Å². The molecule has 0 aromatic heterocycles. The highest BCUT2D eigenvalue weighted by Gasteiger charge is 2.45. The predicted octanol–water partition coefficient (Wildman–Crippen LogP) is 4.23. The zero-order valence-electron chi connectivity index (χ0n) is 12.3. The van der Waals surface area contributed by atoms with Gasteiger partial charge in [0.05, 0.1) is 7.11 Å². The summed E-state index contributed by atoms with van der Waals surface area (Å²) in [5, 5.41) is 3.44. The van der Waals surface area contributed by atoms with Crippen molar-refractivity contribution in [3.8, 4) is 0 Å². The summed E-state index contributed by atoms with van der Waals surface area (Å²) in [7, 11) is 1.47.